The zero-order valence-corrected chi connectivity index (χ0v) is 19.5. The lowest BCUT2D eigenvalue weighted by molar-refractivity contribution is -0.0531. The van der Waals surface area contributed by atoms with Crippen LogP contribution < -0.4 is 5.32 Å². The molecule has 2 aliphatic heterocycles. The van der Waals surface area contributed by atoms with Crippen molar-refractivity contribution in [2.45, 2.75) is 76.9 Å². The van der Waals surface area contributed by atoms with Crippen molar-refractivity contribution < 1.29 is 13.9 Å². The van der Waals surface area contributed by atoms with E-state index in [4.69, 9.17) is 4.74 Å². The van der Waals surface area contributed by atoms with Gasteiger partial charge in [-0.3, -0.25) is 0 Å². The standard InChI is InChI=1S/C25H38FN3O2/c1-24(2,3)31-23(30)29-13-9-25(10-14-29)16-20(17-25)28-11-7-18(8-12-28)21-6-5-19(27-4)15-22(21)26/h5-6,15,18,20,27H,7-14,16-17H2,1-4H3. The molecule has 172 valence electrons. The van der Waals surface area contributed by atoms with E-state index in [9.17, 15) is 9.18 Å². The van der Waals surface area contributed by atoms with Gasteiger partial charge in [-0.2, -0.15) is 0 Å². The first kappa shape index (κ1) is 22.4. The van der Waals surface area contributed by atoms with Crippen LogP contribution in [0, 0.1) is 11.2 Å². The molecule has 1 N–H and O–H groups in total. The number of hydrogen-bond acceptors (Lipinski definition) is 4. The minimum atomic E-state index is -0.433. The molecule has 1 aromatic carbocycles. The number of carbonyl (C=O) groups is 1. The molecule has 1 amide bonds. The van der Waals surface area contributed by atoms with E-state index in [0.29, 0.717) is 17.4 Å². The highest BCUT2D eigenvalue weighted by atomic mass is 19.1. The third-order valence-corrected chi connectivity index (χ3v) is 7.59. The smallest absolute Gasteiger partial charge is 0.410 e. The molecule has 1 aliphatic carbocycles. The first-order chi connectivity index (χ1) is 14.7. The number of nitrogens with zero attached hydrogens (tertiary/aromatic N) is 2. The topological polar surface area (TPSA) is 44.8 Å². The van der Waals surface area contributed by atoms with E-state index in [-0.39, 0.29) is 11.9 Å². The Balaban J connectivity index is 1.23. The number of halogens is 1. The van der Waals surface area contributed by atoms with E-state index in [1.54, 1.807) is 6.07 Å². The van der Waals surface area contributed by atoms with Crippen LogP contribution in [0.5, 0.6) is 0 Å². The highest BCUT2D eigenvalue weighted by molar-refractivity contribution is 5.68. The molecule has 3 aliphatic rings. The monoisotopic (exact) mass is 431 g/mol. The maximum Gasteiger partial charge on any atom is 0.410 e. The van der Waals surface area contributed by atoms with E-state index in [0.717, 1.165) is 63.1 Å². The normalized spacial score (nSPS) is 22.9. The van der Waals surface area contributed by atoms with Gasteiger partial charge in [-0.05, 0) is 101 Å². The lowest BCUT2D eigenvalue weighted by Crippen LogP contribution is -2.57. The van der Waals surface area contributed by atoms with Gasteiger partial charge < -0.3 is 19.9 Å². The van der Waals surface area contributed by atoms with Gasteiger partial charge in [0.2, 0.25) is 0 Å². The number of likely N-dealkylation sites (tertiary alicyclic amines) is 2. The molecule has 1 aromatic rings. The molecule has 1 saturated carbocycles. The van der Waals surface area contributed by atoms with Gasteiger partial charge in [0, 0.05) is 31.9 Å². The molecule has 0 radical (unpaired) electrons. The zero-order valence-electron chi connectivity index (χ0n) is 19.5. The Labute approximate surface area is 186 Å². The number of amides is 1. The number of piperidine rings is 2. The highest BCUT2D eigenvalue weighted by Gasteiger charge is 2.48. The molecule has 6 heteroatoms. The summed E-state index contributed by atoms with van der Waals surface area (Å²) in [5, 5.41) is 3.01. The van der Waals surface area contributed by atoms with Gasteiger partial charge in [-0.25, -0.2) is 9.18 Å². The predicted molar refractivity (Wildman–Crippen MR) is 122 cm³/mol. The summed E-state index contributed by atoms with van der Waals surface area (Å²) in [5.41, 5.74) is 1.68. The van der Waals surface area contributed by atoms with Gasteiger partial charge in [0.05, 0.1) is 0 Å². The van der Waals surface area contributed by atoms with Crippen LogP contribution in [0.3, 0.4) is 0 Å². The van der Waals surface area contributed by atoms with Crippen molar-refractivity contribution in [3.63, 3.8) is 0 Å². The SMILES string of the molecule is CNc1ccc(C2CCN(C3CC4(CCN(C(=O)OC(C)(C)C)CC4)C3)CC2)c(F)c1. The fourth-order valence-corrected chi connectivity index (χ4v) is 5.69. The van der Waals surface area contributed by atoms with Crippen molar-refractivity contribution in [2.75, 3.05) is 38.5 Å². The van der Waals surface area contributed by atoms with Crippen LogP contribution in [0.1, 0.15) is 70.8 Å². The maximum absolute atomic E-state index is 14.5. The number of hydrogen-bond donors (Lipinski definition) is 1. The minimum absolute atomic E-state index is 0.0790. The minimum Gasteiger partial charge on any atom is -0.444 e. The fourth-order valence-electron chi connectivity index (χ4n) is 5.69. The second-order valence-corrected chi connectivity index (χ2v) is 10.8. The van der Waals surface area contributed by atoms with E-state index in [1.807, 2.05) is 44.9 Å². The van der Waals surface area contributed by atoms with E-state index in [2.05, 4.69) is 10.2 Å². The summed E-state index contributed by atoms with van der Waals surface area (Å²) in [7, 11) is 1.82. The summed E-state index contributed by atoms with van der Waals surface area (Å²) in [6.45, 7) is 9.49. The van der Waals surface area contributed by atoms with Gasteiger partial charge >= 0.3 is 6.09 Å². The van der Waals surface area contributed by atoms with Gasteiger partial charge in [-0.1, -0.05) is 6.07 Å². The predicted octanol–water partition coefficient (Wildman–Crippen LogP) is 5.23. The summed E-state index contributed by atoms with van der Waals surface area (Å²) >= 11 is 0. The quantitative estimate of drug-likeness (QED) is 0.712. The third-order valence-electron chi connectivity index (χ3n) is 7.59. The largest absolute Gasteiger partial charge is 0.444 e. The van der Waals surface area contributed by atoms with Crippen molar-refractivity contribution in [3.8, 4) is 0 Å². The van der Waals surface area contributed by atoms with E-state index in [1.165, 1.54) is 12.8 Å². The van der Waals surface area contributed by atoms with Gasteiger partial charge in [0.1, 0.15) is 11.4 Å². The molecule has 0 unspecified atom stereocenters. The summed E-state index contributed by atoms with van der Waals surface area (Å²) in [6.07, 6.45) is 6.55. The van der Waals surface area contributed by atoms with Crippen LogP contribution in [-0.4, -0.2) is 60.8 Å². The number of ether oxygens (including phenoxy) is 1. The van der Waals surface area contributed by atoms with E-state index >= 15 is 0 Å². The molecule has 0 atom stereocenters. The van der Waals surface area contributed by atoms with Crippen LogP contribution in [0.2, 0.25) is 0 Å². The molecule has 0 aromatic heterocycles. The summed E-state index contributed by atoms with van der Waals surface area (Å²) in [5.74, 6) is 0.248. The maximum atomic E-state index is 14.5. The molecule has 5 nitrogen and oxygen atoms in total. The number of rotatable bonds is 3. The van der Waals surface area contributed by atoms with Crippen LogP contribution in [0.4, 0.5) is 14.9 Å². The van der Waals surface area contributed by atoms with Gasteiger partial charge in [0.15, 0.2) is 0 Å². The molecular weight excluding hydrogens is 393 g/mol. The Bertz CT molecular complexity index is 782. The first-order valence-electron chi connectivity index (χ1n) is 11.9. The van der Waals surface area contributed by atoms with Crippen LogP contribution >= 0.6 is 0 Å². The lowest BCUT2D eigenvalue weighted by Gasteiger charge is -2.56. The molecule has 0 bridgehead atoms. The second kappa shape index (κ2) is 8.61. The molecule has 1 spiro atoms. The number of benzene rings is 1. The Kier molecular flexibility index (Phi) is 6.21. The second-order valence-electron chi connectivity index (χ2n) is 10.8. The van der Waals surface area contributed by atoms with Crippen molar-refractivity contribution in [1.82, 2.24) is 9.80 Å². The number of anilines is 1. The average Bonchev–Trinajstić information content (AvgIpc) is 2.71. The Morgan fingerprint density at radius 3 is 2.32 bits per heavy atom. The van der Waals surface area contributed by atoms with Crippen LogP contribution in [-0.2, 0) is 4.74 Å². The van der Waals surface area contributed by atoms with Crippen molar-refractivity contribution in [1.29, 1.82) is 0 Å². The Morgan fingerprint density at radius 2 is 1.77 bits per heavy atom. The fraction of sp³-hybridized carbons (Fsp3) is 0.720. The van der Waals surface area contributed by atoms with Crippen LogP contribution in [0.25, 0.3) is 0 Å². The Morgan fingerprint density at radius 1 is 1.13 bits per heavy atom. The third kappa shape index (κ3) is 5.00. The summed E-state index contributed by atoms with van der Waals surface area (Å²) in [4.78, 5) is 16.8. The molecular formula is C25H38FN3O2. The molecule has 4 rings (SSSR count). The molecule has 31 heavy (non-hydrogen) atoms. The highest BCUT2D eigenvalue weighted by Crippen LogP contribution is 2.51. The van der Waals surface area contributed by atoms with Crippen molar-refractivity contribution in [2.24, 2.45) is 5.41 Å². The van der Waals surface area contributed by atoms with Crippen molar-refractivity contribution >= 4 is 11.8 Å². The zero-order chi connectivity index (χ0) is 22.2. The summed E-state index contributed by atoms with van der Waals surface area (Å²) in [6, 6.07) is 6.20. The number of nitrogens with one attached hydrogen (secondary N) is 1. The van der Waals surface area contributed by atoms with E-state index < -0.39 is 5.60 Å². The first-order valence-corrected chi connectivity index (χ1v) is 11.9. The average molecular weight is 432 g/mol. The number of carbonyl (C=O) groups excluding carboxylic acids is 1. The van der Waals surface area contributed by atoms with Gasteiger partial charge in [-0.15, -0.1) is 0 Å². The van der Waals surface area contributed by atoms with Crippen molar-refractivity contribution in [3.05, 3.63) is 29.6 Å². The summed E-state index contributed by atoms with van der Waals surface area (Å²) < 4.78 is 20.0. The molecule has 3 fully saturated rings. The lowest BCUT2D eigenvalue weighted by atomic mass is 9.59. The molecule has 2 saturated heterocycles. The van der Waals surface area contributed by atoms with Gasteiger partial charge in [0.25, 0.3) is 0 Å². The molecule has 2 heterocycles. The Hall–Kier alpha value is -1.82. The van der Waals surface area contributed by atoms with Crippen LogP contribution in [0.15, 0.2) is 18.2 Å².